The van der Waals surface area contributed by atoms with E-state index >= 15 is 0 Å². The van der Waals surface area contributed by atoms with Crippen LogP contribution in [0.5, 0.6) is 0 Å². The Morgan fingerprint density at radius 2 is 1.93 bits per heavy atom. The zero-order valence-corrected chi connectivity index (χ0v) is 17.7. The van der Waals surface area contributed by atoms with Crippen LogP contribution >= 0.6 is 9.24 Å². The lowest BCUT2D eigenvalue weighted by Gasteiger charge is -2.29. The lowest BCUT2D eigenvalue weighted by Crippen LogP contribution is -2.24. The molecule has 142 valence electrons. The summed E-state index contributed by atoms with van der Waals surface area (Å²) in [5.74, 6) is -0.0552. The van der Waals surface area contributed by atoms with Crippen LogP contribution in [0.15, 0.2) is 54.8 Å². The van der Waals surface area contributed by atoms with Crippen molar-refractivity contribution in [1.82, 2.24) is 0 Å². The van der Waals surface area contributed by atoms with Crippen molar-refractivity contribution in [1.29, 1.82) is 0 Å². The molecule has 1 aliphatic heterocycles. The van der Waals surface area contributed by atoms with Crippen molar-refractivity contribution in [2.45, 2.75) is 26.0 Å². The molecule has 3 rings (SSSR count). The second-order valence-electron chi connectivity index (χ2n) is 6.80. The molecule has 1 aliphatic rings. The molecule has 0 radical (unpaired) electrons. The maximum Gasteiger partial charge on any atom is 0.236 e. The third-order valence-electron chi connectivity index (χ3n) is 4.54. The largest absolute Gasteiger partial charge is 0.342 e. The molecule has 2 aromatic carbocycles. The Morgan fingerprint density at radius 3 is 2.63 bits per heavy atom. The number of allylic oxidation sites excluding steroid dienone is 1. The first-order valence-corrected chi connectivity index (χ1v) is 11.2. The number of rotatable bonds is 6. The fourth-order valence-corrected chi connectivity index (χ4v) is 4.62. The monoisotopic (exact) mass is 400 g/mol. The maximum absolute atomic E-state index is 12.6. The Balaban J connectivity index is 1.81. The predicted octanol–water partition coefficient (Wildman–Crippen LogP) is 4.19. The quantitative estimate of drug-likeness (QED) is 0.740. The van der Waals surface area contributed by atoms with Crippen LogP contribution in [-0.4, -0.2) is 15.0 Å². The highest BCUT2D eigenvalue weighted by atomic mass is 32.2. The summed E-state index contributed by atoms with van der Waals surface area (Å²) in [5.41, 5.74) is 5.44. The minimum Gasteiger partial charge on any atom is -0.342 e. The Morgan fingerprint density at radius 1 is 1.15 bits per heavy atom. The van der Waals surface area contributed by atoms with E-state index in [2.05, 4.69) is 32.4 Å². The van der Waals surface area contributed by atoms with Gasteiger partial charge < -0.3 is 4.90 Å². The highest BCUT2D eigenvalue weighted by molar-refractivity contribution is 7.91. The molecule has 0 aromatic heterocycles. The summed E-state index contributed by atoms with van der Waals surface area (Å²) < 4.78 is 27.9. The van der Waals surface area contributed by atoms with E-state index in [0.717, 1.165) is 46.3 Å². The topological polar surface area (TPSA) is 49.4 Å². The average molecular weight is 400 g/mol. The molecular formula is C21H25N2O2PS. The molecule has 0 saturated heterocycles. The van der Waals surface area contributed by atoms with Crippen molar-refractivity contribution in [3.8, 4) is 0 Å². The van der Waals surface area contributed by atoms with E-state index in [-0.39, 0.29) is 5.75 Å². The maximum atomic E-state index is 12.6. The zero-order chi connectivity index (χ0) is 19.6. The van der Waals surface area contributed by atoms with Crippen molar-refractivity contribution in [3.05, 3.63) is 71.4 Å². The third kappa shape index (κ3) is 4.60. The summed E-state index contributed by atoms with van der Waals surface area (Å²) in [7, 11) is -0.854. The normalized spacial score (nSPS) is 13.6. The van der Waals surface area contributed by atoms with Gasteiger partial charge in [0.1, 0.15) is 0 Å². The Bertz CT molecular complexity index is 1010. The van der Waals surface area contributed by atoms with Gasteiger partial charge in [0.05, 0.1) is 5.75 Å². The van der Waals surface area contributed by atoms with Crippen molar-refractivity contribution in [2.75, 3.05) is 16.2 Å². The fraction of sp³-hybridized carbons (Fsp3) is 0.238. The van der Waals surface area contributed by atoms with Crippen LogP contribution in [0.2, 0.25) is 0 Å². The van der Waals surface area contributed by atoms with Crippen molar-refractivity contribution < 1.29 is 8.42 Å². The lowest BCUT2D eigenvalue weighted by molar-refractivity contribution is 0.600. The molecule has 2 aromatic rings. The van der Waals surface area contributed by atoms with Crippen molar-refractivity contribution in [3.63, 3.8) is 0 Å². The number of anilines is 2. The standard InChI is InChI=1S/C21H25N2O2PS/c1-4-11-23-16(3)6-8-18-13-19(9-10-20(18)23)22-27(24,25)14-17-7-5-15(2)21(26)12-17/h5-10,12-13,22H,3-4,11,14,26H2,1-2H3. The van der Waals surface area contributed by atoms with Gasteiger partial charge in [-0.25, -0.2) is 8.42 Å². The molecule has 1 unspecified atom stereocenters. The predicted molar refractivity (Wildman–Crippen MR) is 119 cm³/mol. The van der Waals surface area contributed by atoms with E-state index in [9.17, 15) is 8.42 Å². The van der Waals surface area contributed by atoms with Crippen LogP contribution in [0, 0.1) is 6.92 Å². The molecule has 0 amide bonds. The first-order valence-electron chi connectivity index (χ1n) is 8.93. The van der Waals surface area contributed by atoms with Gasteiger partial charge in [0, 0.05) is 29.2 Å². The number of sulfonamides is 1. The lowest BCUT2D eigenvalue weighted by atomic mass is 10.1. The molecule has 6 heteroatoms. The number of benzene rings is 2. The summed E-state index contributed by atoms with van der Waals surface area (Å²) in [5, 5.41) is 1.01. The number of hydrogen-bond acceptors (Lipinski definition) is 3. The summed E-state index contributed by atoms with van der Waals surface area (Å²) in [6.45, 7) is 9.08. The van der Waals surface area contributed by atoms with E-state index < -0.39 is 10.0 Å². The molecule has 1 atom stereocenters. The summed E-state index contributed by atoms with van der Waals surface area (Å²) in [6.07, 6.45) is 4.94. The van der Waals surface area contributed by atoms with Crippen molar-refractivity contribution >= 4 is 42.0 Å². The first-order chi connectivity index (χ1) is 12.8. The molecule has 0 aliphatic carbocycles. The smallest absolute Gasteiger partial charge is 0.236 e. The van der Waals surface area contributed by atoms with Crippen LogP contribution in [0.3, 0.4) is 0 Å². The van der Waals surface area contributed by atoms with Gasteiger partial charge in [0.2, 0.25) is 10.0 Å². The molecule has 4 nitrogen and oxygen atoms in total. The van der Waals surface area contributed by atoms with Gasteiger partial charge in [-0.15, -0.1) is 9.24 Å². The zero-order valence-electron chi connectivity index (χ0n) is 15.7. The Hall–Kier alpha value is -2.10. The first kappa shape index (κ1) is 19.7. The molecule has 0 fully saturated rings. The number of hydrogen-bond donors (Lipinski definition) is 1. The van der Waals surface area contributed by atoms with Crippen LogP contribution in [0.25, 0.3) is 6.08 Å². The second kappa shape index (κ2) is 7.87. The Kier molecular flexibility index (Phi) is 5.73. The van der Waals surface area contributed by atoms with Gasteiger partial charge >= 0.3 is 0 Å². The average Bonchev–Trinajstić information content (AvgIpc) is 2.60. The van der Waals surface area contributed by atoms with E-state index in [0.29, 0.717) is 5.69 Å². The fourth-order valence-electron chi connectivity index (χ4n) is 3.13. The molecule has 0 bridgehead atoms. The molecule has 1 heterocycles. The van der Waals surface area contributed by atoms with Crippen LogP contribution in [0.1, 0.15) is 30.0 Å². The number of fused-ring (bicyclic) bond motifs is 1. The SMILES string of the molecule is C=C1C=Cc2cc(NS(=O)(=O)Cc3ccc(C)c(P)c3)ccc2N1CCC. The minimum atomic E-state index is -3.49. The highest BCUT2D eigenvalue weighted by Crippen LogP contribution is 2.32. The van der Waals surface area contributed by atoms with Gasteiger partial charge in [-0.05, 0) is 54.1 Å². The van der Waals surface area contributed by atoms with Crippen molar-refractivity contribution in [2.24, 2.45) is 0 Å². The van der Waals surface area contributed by atoms with Gasteiger partial charge in [-0.2, -0.15) is 0 Å². The van der Waals surface area contributed by atoms with E-state index in [1.807, 2.05) is 55.5 Å². The van der Waals surface area contributed by atoms with E-state index in [1.54, 1.807) is 0 Å². The third-order valence-corrected chi connectivity index (χ3v) is 6.42. The van der Waals surface area contributed by atoms with Gasteiger partial charge in [-0.1, -0.05) is 37.8 Å². The van der Waals surface area contributed by atoms with Crippen LogP contribution in [-0.2, 0) is 15.8 Å². The Labute approximate surface area is 164 Å². The summed E-state index contributed by atoms with van der Waals surface area (Å²) >= 11 is 0. The van der Waals surface area contributed by atoms with Crippen LogP contribution < -0.4 is 14.9 Å². The molecule has 1 N–H and O–H groups in total. The minimum absolute atomic E-state index is 0.0552. The molecule has 0 saturated carbocycles. The summed E-state index contributed by atoms with van der Waals surface area (Å²) in [4.78, 5) is 2.15. The molecule has 27 heavy (non-hydrogen) atoms. The van der Waals surface area contributed by atoms with Gasteiger partial charge in [0.25, 0.3) is 0 Å². The van der Waals surface area contributed by atoms with Gasteiger partial charge in [0.15, 0.2) is 0 Å². The number of nitrogens with one attached hydrogen (secondary N) is 1. The van der Waals surface area contributed by atoms with Gasteiger partial charge in [-0.3, -0.25) is 4.72 Å². The van der Waals surface area contributed by atoms with E-state index in [4.69, 9.17) is 0 Å². The summed E-state index contributed by atoms with van der Waals surface area (Å²) in [6, 6.07) is 11.3. The molecule has 0 spiro atoms. The number of nitrogens with zero attached hydrogens (tertiary/aromatic N) is 1. The second-order valence-corrected chi connectivity index (χ2v) is 9.15. The van der Waals surface area contributed by atoms with E-state index in [1.165, 1.54) is 0 Å². The number of aryl methyl sites for hydroxylation is 1. The van der Waals surface area contributed by atoms with Crippen LogP contribution in [0.4, 0.5) is 11.4 Å². The molecular weight excluding hydrogens is 375 g/mol. The highest BCUT2D eigenvalue weighted by Gasteiger charge is 2.18.